The third kappa shape index (κ3) is 5.21. The van der Waals surface area contributed by atoms with E-state index < -0.39 is 0 Å². The Morgan fingerprint density at radius 2 is 1.60 bits per heavy atom. The minimum Gasteiger partial charge on any atom is -0.310 e. The number of hydrogen-bond donors (Lipinski definition) is 2. The fourth-order valence-electron chi connectivity index (χ4n) is 1.25. The van der Waals surface area contributed by atoms with Crippen molar-refractivity contribution in [2.24, 2.45) is 0 Å². The summed E-state index contributed by atoms with van der Waals surface area (Å²) in [6.45, 7) is 6.21. The molecule has 0 spiro atoms. The van der Waals surface area contributed by atoms with Crippen molar-refractivity contribution >= 4 is 11.9 Å². The summed E-state index contributed by atoms with van der Waals surface area (Å²) in [5.41, 5.74) is 2.68. The zero-order valence-electron chi connectivity index (χ0n) is 9.71. The van der Waals surface area contributed by atoms with Crippen LogP contribution < -0.4 is 10.0 Å². The normalized spacial score (nSPS) is 10.9. The van der Waals surface area contributed by atoms with E-state index in [4.69, 9.17) is 0 Å². The largest absolute Gasteiger partial charge is 0.310 e. The summed E-state index contributed by atoms with van der Waals surface area (Å²) in [5.74, 6) is 0. The van der Waals surface area contributed by atoms with Crippen LogP contribution >= 0.6 is 11.9 Å². The van der Waals surface area contributed by atoms with Gasteiger partial charge in [0.15, 0.2) is 0 Å². The lowest BCUT2D eigenvalue weighted by molar-refractivity contribution is 0.589. The molecule has 0 amide bonds. The molecule has 0 aliphatic rings. The summed E-state index contributed by atoms with van der Waals surface area (Å²) in [5, 5.41) is 3.40. The average molecular weight is 224 g/mol. The zero-order chi connectivity index (χ0) is 11.1. The summed E-state index contributed by atoms with van der Waals surface area (Å²) in [7, 11) is 0. The molecule has 0 unspecified atom stereocenters. The Morgan fingerprint density at radius 3 is 2.07 bits per heavy atom. The van der Waals surface area contributed by atoms with Gasteiger partial charge in [0, 0.05) is 19.1 Å². The summed E-state index contributed by atoms with van der Waals surface area (Å²) in [6, 6.07) is 9.28. The van der Waals surface area contributed by atoms with Crippen molar-refractivity contribution in [2.45, 2.75) is 33.0 Å². The monoisotopic (exact) mass is 224 g/mol. The van der Waals surface area contributed by atoms with Gasteiger partial charge in [0.1, 0.15) is 0 Å². The Bertz CT molecular complexity index is 269. The van der Waals surface area contributed by atoms with E-state index in [-0.39, 0.29) is 0 Å². The third-order valence-electron chi connectivity index (χ3n) is 2.16. The van der Waals surface area contributed by atoms with Crippen molar-refractivity contribution in [2.75, 3.05) is 6.26 Å². The number of hydrogen-bond acceptors (Lipinski definition) is 3. The highest BCUT2D eigenvalue weighted by atomic mass is 32.2. The summed E-state index contributed by atoms with van der Waals surface area (Å²) >= 11 is 1.65. The van der Waals surface area contributed by atoms with Crippen molar-refractivity contribution in [1.82, 2.24) is 10.0 Å². The lowest BCUT2D eigenvalue weighted by Crippen LogP contribution is -2.21. The molecule has 0 bridgehead atoms. The van der Waals surface area contributed by atoms with Crippen LogP contribution in [0.1, 0.15) is 25.0 Å². The van der Waals surface area contributed by atoms with Crippen LogP contribution in [0.15, 0.2) is 24.3 Å². The van der Waals surface area contributed by atoms with Crippen LogP contribution in [0.25, 0.3) is 0 Å². The van der Waals surface area contributed by atoms with Gasteiger partial charge in [0.2, 0.25) is 0 Å². The maximum absolute atomic E-state index is 3.40. The molecular weight excluding hydrogens is 204 g/mol. The van der Waals surface area contributed by atoms with E-state index >= 15 is 0 Å². The quantitative estimate of drug-likeness (QED) is 0.726. The van der Waals surface area contributed by atoms with Crippen LogP contribution in [-0.4, -0.2) is 12.3 Å². The van der Waals surface area contributed by atoms with Gasteiger partial charge in [0.25, 0.3) is 0 Å². The highest BCUT2D eigenvalue weighted by Gasteiger charge is 1.96. The van der Waals surface area contributed by atoms with E-state index in [9.17, 15) is 0 Å². The van der Waals surface area contributed by atoms with Crippen LogP contribution in [-0.2, 0) is 13.1 Å². The van der Waals surface area contributed by atoms with Crippen LogP contribution in [0.4, 0.5) is 0 Å². The first-order valence-corrected chi connectivity index (χ1v) is 6.52. The molecule has 1 aromatic carbocycles. The fourth-order valence-corrected chi connectivity index (χ4v) is 1.56. The Hall–Kier alpha value is -0.510. The maximum atomic E-state index is 3.40. The second-order valence-corrected chi connectivity index (χ2v) is 4.57. The Balaban J connectivity index is 2.41. The Kier molecular flexibility index (Phi) is 5.76. The molecule has 0 heterocycles. The van der Waals surface area contributed by atoms with Crippen molar-refractivity contribution < 1.29 is 0 Å². The molecule has 0 saturated carbocycles. The highest BCUT2D eigenvalue weighted by Crippen LogP contribution is 2.05. The molecule has 1 aromatic rings. The van der Waals surface area contributed by atoms with Gasteiger partial charge in [-0.05, 0) is 17.4 Å². The fraction of sp³-hybridized carbons (Fsp3) is 0.500. The van der Waals surface area contributed by atoms with Gasteiger partial charge in [0.05, 0.1) is 0 Å². The molecule has 15 heavy (non-hydrogen) atoms. The molecule has 0 aliphatic carbocycles. The lowest BCUT2D eigenvalue weighted by atomic mass is 10.1. The Morgan fingerprint density at radius 1 is 1.07 bits per heavy atom. The van der Waals surface area contributed by atoms with Gasteiger partial charge in [-0.2, -0.15) is 0 Å². The first-order chi connectivity index (χ1) is 7.22. The molecule has 0 aliphatic heterocycles. The third-order valence-corrected chi connectivity index (χ3v) is 2.59. The second kappa shape index (κ2) is 6.88. The predicted octanol–water partition coefficient (Wildman–Crippen LogP) is 2.55. The standard InChI is InChI=1S/C12H20N2S/c1-10(2)13-8-11-4-6-12(7-5-11)9-14-15-3/h4-7,10,13-14H,8-9H2,1-3H3. The first-order valence-electron chi connectivity index (χ1n) is 5.29. The van der Waals surface area contributed by atoms with Crippen LogP contribution in [0, 0.1) is 0 Å². The topological polar surface area (TPSA) is 24.1 Å². The van der Waals surface area contributed by atoms with Crippen LogP contribution in [0.2, 0.25) is 0 Å². The second-order valence-electron chi connectivity index (χ2n) is 3.88. The highest BCUT2D eigenvalue weighted by molar-refractivity contribution is 7.96. The van der Waals surface area contributed by atoms with E-state index in [0.29, 0.717) is 6.04 Å². The van der Waals surface area contributed by atoms with Gasteiger partial charge >= 0.3 is 0 Å². The maximum Gasteiger partial charge on any atom is 0.0309 e. The molecule has 0 aromatic heterocycles. The van der Waals surface area contributed by atoms with Crippen molar-refractivity contribution in [3.63, 3.8) is 0 Å². The van der Waals surface area contributed by atoms with Gasteiger partial charge in [-0.15, -0.1) is 0 Å². The predicted molar refractivity (Wildman–Crippen MR) is 68.8 cm³/mol. The SMILES string of the molecule is CSNCc1ccc(CNC(C)C)cc1. The van der Waals surface area contributed by atoms with Crippen LogP contribution in [0.3, 0.4) is 0 Å². The molecular formula is C12H20N2S. The van der Waals surface area contributed by atoms with Gasteiger partial charge in [-0.1, -0.05) is 50.1 Å². The Labute approximate surface area is 97.0 Å². The summed E-state index contributed by atoms with van der Waals surface area (Å²) in [6.07, 6.45) is 2.04. The van der Waals surface area contributed by atoms with Crippen molar-refractivity contribution in [3.05, 3.63) is 35.4 Å². The molecule has 0 fully saturated rings. The van der Waals surface area contributed by atoms with E-state index in [1.54, 1.807) is 11.9 Å². The molecule has 0 atom stereocenters. The van der Waals surface area contributed by atoms with E-state index in [0.717, 1.165) is 13.1 Å². The van der Waals surface area contributed by atoms with Gasteiger partial charge in [-0.25, -0.2) is 0 Å². The molecule has 2 nitrogen and oxygen atoms in total. The summed E-state index contributed by atoms with van der Waals surface area (Å²) < 4.78 is 3.24. The number of rotatable bonds is 6. The minimum absolute atomic E-state index is 0.544. The smallest absolute Gasteiger partial charge is 0.0309 e. The van der Waals surface area contributed by atoms with Gasteiger partial charge < -0.3 is 5.32 Å². The lowest BCUT2D eigenvalue weighted by Gasteiger charge is -2.08. The molecule has 84 valence electrons. The molecule has 0 saturated heterocycles. The molecule has 3 heteroatoms. The van der Waals surface area contributed by atoms with Crippen molar-refractivity contribution in [3.8, 4) is 0 Å². The molecule has 0 radical (unpaired) electrons. The van der Waals surface area contributed by atoms with Gasteiger partial charge in [-0.3, -0.25) is 4.72 Å². The molecule has 2 N–H and O–H groups in total. The van der Waals surface area contributed by atoms with E-state index in [1.165, 1.54) is 11.1 Å². The zero-order valence-corrected chi connectivity index (χ0v) is 10.5. The van der Waals surface area contributed by atoms with E-state index in [1.807, 2.05) is 6.26 Å². The summed E-state index contributed by atoms with van der Waals surface area (Å²) in [4.78, 5) is 0. The number of benzene rings is 1. The first kappa shape index (κ1) is 12.6. The van der Waals surface area contributed by atoms with Crippen LogP contribution in [0.5, 0.6) is 0 Å². The minimum atomic E-state index is 0.544. The van der Waals surface area contributed by atoms with Crippen molar-refractivity contribution in [1.29, 1.82) is 0 Å². The molecule has 1 rings (SSSR count). The number of nitrogens with one attached hydrogen (secondary N) is 2. The average Bonchev–Trinajstić information content (AvgIpc) is 2.25. The van der Waals surface area contributed by atoms with E-state index in [2.05, 4.69) is 48.2 Å².